The third-order valence-corrected chi connectivity index (χ3v) is 7.30. The van der Waals surface area contributed by atoms with E-state index in [1.54, 1.807) is 0 Å². The van der Waals surface area contributed by atoms with Crippen LogP contribution in [0.15, 0.2) is 96.1 Å². The van der Waals surface area contributed by atoms with Crippen molar-refractivity contribution in [2.24, 2.45) is 5.10 Å². The van der Waals surface area contributed by atoms with Gasteiger partial charge in [0.25, 0.3) is 7.37 Å². The average molecular weight is 390 g/mol. The molecule has 3 aromatic rings. The second-order valence-corrected chi connectivity index (χ2v) is 9.06. The highest BCUT2D eigenvalue weighted by Gasteiger charge is 2.42. The molecule has 4 rings (SSSR count). The van der Waals surface area contributed by atoms with Crippen LogP contribution in [0.2, 0.25) is 0 Å². The normalized spacial score (nSPS) is 22.0. The van der Waals surface area contributed by atoms with Gasteiger partial charge in [-0.2, -0.15) is 5.10 Å². The Hall–Kier alpha value is -2.68. The van der Waals surface area contributed by atoms with Crippen molar-refractivity contribution >= 4 is 18.5 Å². The molecule has 5 heteroatoms. The Kier molecular flexibility index (Phi) is 5.43. The van der Waals surface area contributed by atoms with Gasteiger partial charge in [0, 0.05) is 5.56 Å². The molecule has 2 unspecified atom stereocenters. The molecule has 0 bridgehead atoms. The molecule has 0 amide bonds. The van der Waals surface area contributed by atoms with Crippen LogP contribution in [0.4, 0.5) is 5.69 Å². The quantitative estimate of drug-likeness (QED) is 0.508. The van der Waals surface area contributed by atoms with Crippen molar-refractivity contribution in [1.82, 2.24) is 0 Å². The summed E-state index contributed by atoms with van der Waals surface area (Å²) >= 11 is 0. The van der Waals surface area contributed by atoms with E-state index in [1.807, 2.05) is 90.8 Å². The Morgan fingerprint density at radius 2 is 1.50 bits per heavy atom. The van der Waals surface area contributed by atoms with E-state index in [2.05, 4.69) is 12.1 Å². The molecule has 0 saturated heterocycles. The molecule has 0 spiro atoms. The van der Waals surface area contributed by atoms with Crippen molar-refractivity contribution in [2.45, 2.75) is 13.0 Å². The van der Waals surface area contributed by atoms with Crippen molar-refractivity contribution in [3.8, 4) is 0 Å². The molecule has 0 N–H and O–H groups in total. The lowest BCUT2D eigenvalue weighted by Gasteiger charge is -2.37. The monoisotopic (exact) mass is 390 g/mol. The summed E-state index contributed by atoms with van der Waals surface area (Å²) in [5, 5.41) is 6.89. The maximum atomic E-state index is 13.9. The summed E-state index contributed by atoms with van der Waals surface area (Å²) in [5.41, 5.74) is 3.41. The lowest BCUT2D eigenvalue weighted by Crippen LogP contribution is -2.34. The maximum absolute atomic E-state index is 13.9. The Balaban J connectivity index is 1.89. The number of hydrazone groups is 1. The standard InChI is InChI=1S/C23H23N2O2P/c1-2-27-28(26)18-22(19-12-6-3-7-13-19)25(21-16-10-5-11-17-21)24-23(28)20-14-8-4-9-15-20/h3-17,22H,2,18H2,1H3. The first-order chi connectivity index (χ1) is 13.7. The minimum absolute atomic E-state index is 0.159. The van der Waals surface area contributed by atoms with Crippen LogP contribution in [0, 0.1) is 0 Å². The molecule has 4 nitrogen and oxygen atoms in total. The van der Waals surface area contributed by atoms with Crippen molar-refractivity contribution in [1.29, 1.82) is 0 Å². The first kappa shape index (κ1) is 18.7. The predicted molar refractivity (Wildman–Crippen MR) is 115 cm³/mol. The summed E-state index contributed by atoms with van der Waals surface area (Å²) in [6, 6.07) is 29.7. The lowest BCUT2D eigenvalue weighted by molar-refractivity contribution is 0.338. The topological polar surface area (TPSA) is 41.9 Å². The minimum Gasteiger partial charge on any atom is -0.324 e. The second-order valence-electron chi connectivity index (χ2n) is 6.67. The fourth-order valence-corrected chi connectivity index (χ4v) is 5.95. The molecule has 3 aromatic carbocycles. The zero-order valence-corrected chi connectivity index (χ0v) is 16.7. The first-order valence-corrected chi connectivity index (χ1v) is 11.3. The van der Waals surface area contributed by atoms with E-state index in [4.69, 9.17) is 9.63 Å². The van der Waals surface area contributed by atoms with E-state index in [-0.39, 0.29) is 6.04 Å². The van der Waals surface area contributed by atoms with E-state index in [1.165, 1.54) is 0 Å². The van der Waals surface area contributed by atoms with Gasteiger partial charge in [-0.15, -0.1) is 0 Å². The maximum Gasteiger partial charge on any atom is 0.254 e. The zero-order chi connectivity index (χ0) is 19.4. The Labute approximate surface area is 165 Å². The number of hydrogen-bond acceptors (Lipinski definition) is 4. The largest absolute Gasteiger partial charge is 0.324 e. The number of rotatable bonds is 5. The summed E-state index contributed by atoms with van der Waals surface area (Å²) < 4.78 is 19.8. The van der Waals surface area contributed by atoms with Crippen LogP contribution in [0.5, 0.6) is 0 Å². The van der Waals surface area contributed by atoms with Gasteiger partial charge < -0.3 is 4.52 Å². The van der Waals surface area contributed by atoms with Gasteiger partial charge in [0.15, 0.2) is 5.45 Å². The molecule has 1 heterocycles. The molecule has 28 heavy (non-hydrogen) atoms. The summed E-state index contributed by atoms with van der Waals surface area (Å²) in [6.45, 7) is 2.26. The SMILES string of the molecule is CCOP1(=O)CC(c2ccccc2)N(c2ccccc2)N=C1c1ccccc1. The van der Waals surface area contributed by atoms with Gasteiger partial charge in [0.05, 0.1) is 24.5 Å². The van der Waals surface area contributed by atoms with E-state index >= 15 is 0 Å². The molecule has 0 aliphatic carbocycles. The number of nitrogens with zero attached hydrogens (tertiary/aromatic N) is 2. The summed E-state index contributed by atoms with van der Waals surface area (Å²) in [7, 11) is -3.12. The molecule has 0 saturated carbocycles. The van der Waals surface area contributed by atoms with Crippen LogP contribution < -0.4 is 5.01 Å². The first-order valence-electron chi connectivity index (χ1n) is 9.49. The van der Waals surface area contributed by atoms with Gasteiger partial charge in [-0.3, -0.25) is 9.57 Å². The predicted octanol–water partition coefficient (Wildman–Crippen LogP) is 5.92. The Morgan fingerprint density at radius 1 is 0.929 bits per heavy atom. The van der Waals surface area contributed by atoms with Gasteiger partial charge in [-0.25, -0.2) is 0 Å². The third kappa shape index (κ3) is 3.66. The van der Waals surface area contributed by atoms with Crippen LogP contribution in [0.1, 0.15) is 24.1 Å². The zero-order valence-electron chi connectivity index (χ0n) is 15.8. The lowest BCUT2D eigenvalue weighted by atomic mass is 10.1. The highest BCUT2D eigenvalue weighted by Crippen LogP contribution is 2.57. The highest BCUT2D eigenvalue weighted by atomic mass is 31.2. The molecule has 0 aromatic heterocycles. The summed E-state index contributed by atoms with van der Waals surface area (Å²) in [5.74, 6) is 0. The Bertz CT molecular complexity index is 991. The molecule has 142 valence electrons. The minimum atomic E-state index is -3.12. The summed E-state index contributed by atoms with van der Waals surface area (Å²) in [6.07, 6.45) is 0.382. The molecule has 1 aliphatic rings. The van der Waals surface area contributed by atoms with Crippen molar-refractivity contribution in [3.63, 3.8) is 0 Å². The van der Waals surface area contributed by atoms with Gasteiger partial charge in [-0.05, 0) is 24.6 Å². The van der Waals surface area contributed by atoms with E-state index in [0.717, 1.165) is 16.8 Å². The smallest absolute Gasteiger partial charge is 0.254 e. The Morgan fingerprint density at radius 3 is 2.11 bits per heavy atom. The summed E-state index contributed by atoms with van der Waals surface area (Å²) in [4.78, 5) is 0. The van der Waals surface area contributed by atoms with Crippen LogP contribution in [-0.2, 0) is 9.09 Å². The van der Waals surface area contributed by atoms with Crippen molar-refractivity contribution in [2.75, 3.05) is 17.8 Å². The molecule has 2 atom stereocenters. The van der Waals surface area contributed by atoms with Crippen LogP contribution in [0.25, 0.3) is 0 Å². The van der Waals surface area contributed by atoms with Crippen molar-refractivity contribution in [3.05, 3.63) is 102 Å². The fraction of sp³-hybridized carbons (Fsp3) is 0.174. The van der Waals surface area contributed by atoms with Crippen LogP contribution in [0.3, 0.4) is 0 Å². The van der Waals surface area contributed by atoms with Gasteiger partial charge >= 0.3 is 0 Å². The van der Waals surface area contributed by atoms with Crippen LogP contribution >= 0.6 is 7.37 Å². The van der Waals surface area contributed by atoms with Crippen molar-refractivity contribution < 1.29 is 9.09 Å². The van der Waals surface area contributed by atoms with Crippen LogP contribution in [-0.4, -0.2) is 18.2 Å². The number of anilines is 1. The molecular weight excluding hydrogens is 367 g/mol. The van der Waals surface area contributed by atoms with Gasteiger partial charge in [-0.1, -0.05) is 78.9 Å². The fourth-order valence-electron chi connectivity index (χ4n) is 3.54. The molecule has 0 fully saturated rings. The van der Waals surface area contributed by atoms with Gasteiger partial charge in [0.2, 0.25) is 0 Å². The van der Waals surface area contributed by atoms with E-state index in [9.17, 15) is 4.57 Å². The van der Waals surface area contributed by atoms with Gasteiger partial charge in [0.1, 0.15) is 0 Å². The van der Waals surface area contributed by atoms with E-state index < -0.39 is 7.37 Å². The second kappa shape index (κ2) is 8.14. The number of para-hydroxylation sites is 1. The van der Waals surface area contributed by atoms with E-state index in [0.29, 0.717) is 18.2 Å². The average Bonchev–Trinajstić information content (AvgIpc) is 2.75. The third-order valence-electron chi connectivity index (χ3n) is 4.81. The molecular formula is C23H23N2O2P. The number of hydrogen-bond donors (Lipinski definition) is 0. The molecule has 0 radical (unpaired) electrons. The number of benzene rings is 3. The highest BCUT2D eigenvalue weighted by molar-refractivity contribution is 7.77. The molecule has 1 aliphatic heterocycles.